The number of nitriles is 1. The molecule has 0 radical (unpaired) electrons. The minimum Gasteiger partial charge on any atom is -0.317 e. The maximum Gasteiger partial charge on any atom is 0.225 e. The van der Waals surface area contributed by atoms with E-state index in [1.54, 1.807) is 18.2 Å². The van der Waals surface area contributed by atoms with Crippen molar-refractivity contribution in [2.75, 3.05) is 11.9 Å². The van der Waals surface area contributed by atoms with Crippen LogP contribution in [0.4, 0.5) is 9.39 Å². The van der Waals surface area contributed by atoms with Crippen molar-refractivity contribution in [2.24, 2.45) is 0 Å². The lowest BCUT2D eigenvalue weighted by atomic mass is 9.97. The lowest BCUT2D eigenvalue weighted by Gasteiger charge is -2.12. The first-order chi connectivity index (χ1) is 11.6. The van der Waals surface area contributed by atoms with Crippen molar-refractivity contribution >= 4 is 22.2 Å². The summed E-state index contributed by atoms with van der Waals surface area (Å²) >= 11 is 1.45. The van der Waals surface area contributed by atoms with Gasteiger partial charge < -0.3 is 10.6 Å². The number of thiophene rings is 1. The van der Waals surface area contributed by atoms with Crippen LogP contribution in [-0.2, 0) is 17.8 Å². The Morgan fingerprint density at radius 1 is 1.50 bits per heavy atom. The highest BCUT2D eigenvalue weighted by Crippen LogP contribution is 2.35. The molecule has 0 bridgehead atoms. The van der Waals surface area contributed by atoms with Crippen molar-refractivity contribution < 1.29 is 9.18 Å². The van der Waals surface area contributed by atoms with Crippen LogP contribution in [0.3, 0.4) is 0 Å². The molecule has 2 N–H and O–H groups in total. The highest BCUT2D eigenvalue weighted by atomic mass is 32.1. The molecular formula is C18H18FN3OS. The molecule has 124 valence electrons. The molecule has 1 unspecified atom stereocenters. The minimum atomic E-state index is -0.298. The van der Waals surface area contributed by atoms with Crippen molar-refractivity contribution in [1.82, 2.24) is 5.32 Å². The fourth-order valence-electron chi connectivity index (χ4n) is 2.98. The Hall–Kier alpha value is -2.23. The summed E-state index contributed by atoms with van der Waals surface area (Å²) < 4.78 is 13.8. The summed E-state index contributed by atoms with van der Waals surface area (Å²) in [5.74, 6) is -0.727. The number of nitrogens with zero attached hydrogens (tertiary/aromatic N) is 1. The summed E-state index contributed by atoms with van der Waals surface area (Å²) in [7, 11) is 0. The van der Waals surface area contributed by atoms with Crippen LogP contribution >= 0.6 is 11.3 Å². The number of amides is 1. The van der Waals surface area contributed by atoms with Gasteiger partial charge in [-0.05, 0) is 36.1 Å². The number of carbonyl (C=O) groups excluding carboxylic acids is 1. The van der Waals surface area contributed by atoms with Gasteiger partial charge in [0.25, 0.3) is 0 Å². The zero-order valence-corrected chi connectivity index (χ0v) is 14.2. The van der Waals surface area contributed by atoms with Gasteiger partial charge in [0.2, 0.25) is 5.91 Å². The lowest BCUT2D eigenvalue weighted by Crippen LogP contribution is -2.22. The summed E-state index contributed by atoms with van der Waals surface area (Å²) in [6, 6.07) is 8.71. The number of hydrogen-bond acceptors (Lipinski definition) is 4. The third kappa shape index (κ3) is 3.32. The molecule has 1 aliphatic rings. The Bertz CT molecular complexity index is 809. The van der Waals surface area contributed by atoms with E-state index < -0.39 is 0 Å². The molecule has 0 saturated carbocycles. The molecule has 0 fully saturated rings. The second-order valence-electron chi connectivity index (χ2n) is 5.92. The second-order valence-corrected chi connectivity index (χ2v) is 7.03. The first-order valence-corrected chi connectivity index (χ1v) is 8.71. The van der Waals surface area contributed by atoms with Crippen molar-refractivity contribution in [3.05, 3.63) is 51.7 Å². The first kappa shape index (κ1) is 16.6. The quantitative estimate of drug-likeness (QED) is 0.892. The number of halogens is 1. The molecule has 1 atom stereocenters. The number of rotatable bonds is 4. The van der Waals surface area contributed by atoms with Gasteiger partial charge in [-0.25, -0.2) is 4.39 Å². The van der Waals surface area contributed by atoms with Crippen LogP contribution in [0.5, 0.6) is 0 Å². The van der Waals surface area contributed by atoms with Crippen molar-refractivity contribution in [2.45, 2.75) is 32.2 Å². The van der Waals surface area contributed by atoms with Crippen molar-refractivity contribution in [3.8, 4) is 6.07 Å². The van der Waals surface area contributed by atoms with Crippen LogP contribution in [0, 0.1) is 17.1 Å². The summed E-state index contributed by atoms with van der Waals surface area (Å²) in [5, 5.41) is 16.1. The topological polar surface area (TPSA) is 64.9 Å². The SMILES string of the molecule is CC(CC(=O)Nc1sc2c(c1C#N)CCNC2)c1ccccc1F. The Labute approximate surface area is 144 Å². The van der Waals surface area contributed by atoms with E-state index in [0.29, 0.717) is 16.1 Å². The standard InChI is InChI=1S/C18H18FN3OS/c1-11(12-4-2-3-5-15(12)19)8-17(23)22-18-14(9-20)13-6-7-21-10-16(13)24-18/h2-5,11,21H,6-8,10H2,1H3,(H,22,23). The fourth-order valence-corrected chi connectivity index (χ4v) is 4.17. The van der Waals surface area contributed by atoms with Gasteiger partial charge in [0.1, 0.15) is 16.9 Å². The Morgan fingerprint density at radius 3 is 3.04 bits per heavy atom. The van der Waals surface area contributed by atoms with Crippen molar-refractivity contribution in [1.29, 1.82) is 5.26 Å². The van der Waals surface area contributed by atoms with Crippen LogP contribution in [0.25, 0.3) is 0 Å². The monoisotopic (exact) mass is 343 g/mol. The predicted molar refractivity (Wildman–Crippen MR) is 92.5 cm³/mol. The van der Waals surface area contributed by atoms with E-state index in [-0.39, 0.29) is 24.1 Å². The van der Waals surface area contributed by atoms with Gasteiger partial charge in [-0.2, -0.15) is 5.26 Å². The molecular weight excluding hydrogens is 325 g/mol. The Kier molecular flexibility index (Phi) is 4.93. The lowest BCUT2D eigenvalue weighted by molar-refractivity contribution is -0.116. The molecule has 1 aliphatic heterocycles. The number of hydrogen-bond donors (Lipinski definition) is 2. The number of carbonyl (C=O) groups is 1. The summed E-state index contributed by atoms with van der Waals surface area (Å²) in [6.07, 6.45) is 0.975. The Balaban J connectivity index is 1.73. The van der Waals surface area contributed by atoms with Crippen molar-refractivity contribution in [3.63, 3.8) is 0 Å². The maximum absolute atomic E-state index is 13.8. The second kappa shape index (κ2) is 7.12. The van der Waals surface area contributed by atoms with Crippen LogP contribution in [0.1, 0.15) is 40.8 Å². The number of fused-ring (bicyclic) bond motifs is 1. The average Bonchev–Trinajstić information content (AvgIpc) is 2.91. The number of benzene rings is 1. The molecule has 24 heavy (non-hydrogen) atoms. The van der Waals surface area contributed by atoms with Gasteiger partial charge >= 0.3 is 0 Å². The minimum absolute atomic E-state index is 0.173. The summed E-state index contributed by atoms with van der Waals surface area (Å²) in [6.45, 7) is 3.40. The van der Waals surface area contributed by atoms with E-state index in [0.717, 1.165) is 30.0 Å². The molecule has 1 aromatic heterocycles. The van der Waals surface area contributed by atoms with E-state index in [2.05, 4.69) is 16.7 Å². The molecule has 2 aromatic rings. The maximum atomic E-state index is 13.8. The van der Waals surface area contributed by atoms with E-state index in [4.69, 9.17) is 0 Å². The largest absolute Gasteiger partial charge is 0.317 e. The molecule has 2 heterocycles. The molecule has 3 rings (SSSR count). The smallest absolute Gasteiger partial charge is 0.225 e. The fraction of sp³-hybridized carbons (Fsp3) is 0.333. The highest BCUT2D eigenvalue weighted by Gasteiger charge is 2.22. The molecule has 1 amide bonds. The molecule has 6 heteroatoms. The molecule has 0 aliphatic carbocycles. The van der Waals surface area contributed by atoms with Crippen LogP contribution < -0.4 is 10.6 Å². The van der Waals surface area contributed by atoms with E-state index in [9.17, 15) is 14.4 Å². The van der Waals surface area contributed by atoms with Crippen LogP contribution in [0.15, 0.2) is 24.3 Å². The van der Waals surface area contributed by atoms with Gasteiger partial charge in [0.15, 0.2) is 0 Å². The molecule has 0 saturated heterocycles. The van der Waals surface area contributed by atoms with Gasteiger partial charge in [-0.3, -0.25) is 4.79 Å². The Morgan fingerprint density at radius 2 is 2.29 bits per heavy atom. The molecule has 1 aromatic carbocycles. The zero-order chi connectivity index (χ0) is 17.1. The van der Waals surface area contributed by atoms with Gasteiger partial charge in [-0.15, -0.1) is 11.3 Å². The van der Waals surface area contributed by atoms with Crippen LogP contribution in [0.2, 0.25) is 0 Å². The third-order valence-electron chi connectivity index (χ3n) is 4.22. The van der Waals surface area contributed by atoms with E-state index in [1.165, 1.54) is 17.4 Å². The summed E-state index contributed by atoms with van der Waals surface area (Å²) in [4.78, 5) is 13.4. The van der Waals surface area contributed by atoms with Gasteiger partial charge in [0.05, 0.1) is 5.56 Å². The van der Waals surface area contributed by atoms with Crippen LogP contribution in [-0.4, -0.2) is 12.5 Å². The highest BCUT2D eigenvalue weighted by molar-refractivity contribution is 7.16. The first-order valence-electron chi connectivity index (χ1n) is 7.89. The van der Waals surface area contributed by atoms with E-state index >= 15 is 0 Å². The normalized spacial score (nSPS) is 14.5. The predicted octanol–water partition coefficient (Wildman–Crippen LogP) is 3.54. The average molecular weight is 343 g/mol. The molecule has 0 spiro atoms. The third-order valence-corrected chi connectivity index (χ3v) is 5.37. The number of anilines is 1. The summed E-state index contributed by atoms with van der Waals surface area (Å²) in [5.41, 5.74) is 2.14. The zero-order valence-electron chi connectivity index (χ0n) is 13.4. The van der Waals surface area contributed by atoms with Gasteiger partial charge in [0, 0.05) is 17.8 Å². The van der Waals surface area contributed by atoms with Gasteiger partial charge in [-0.1, -0.05) is 25.1 Å². The number of nitrogens with one attached hydrogen (secondary N) is 2. The van der Waals surface area contributed by atoms with E-state index in [1.807, 2.05) is 6.92 Å². The molecule has 4 nitrogen and oxygen atoms in total.